The minimum absolute atomic E-state index is 0.121. The van der Waals surface area contributed by atoms with Crippen LogP contribution in [-0.2, 0) is 11.2 Å². The second-order valence-corrected chi connectivity index (χ2v) is 4.75. The van der Waals surface area contributed by atoms with Gasteiger partial charge in [-0.05, 0) is 24.3 Å². The van der Waals surface area contributed by atoms with Crippen LogP contribution in [0.3, 0.4) is 0 Å². The molecular formula is C14H20ClNO. The lowest BCUT2D eigenvalue weighted by molar-refractivity contribution is -0.121. The van der Waals surface area contributed by atoms with Gasteiger partial charge in [-0.3, -0.25) is 4.79 Å². The highest BCUT2D eigenvalue weighted by atomic mass is 35.5. The van der Waals surface area contributed by atoms with Gasteiger partial charge in [0.2, 0.25) is 5.91 Å². The Morgan fingerprint density at radius 1 is 1.35 bits per heavy atom. The molecule has 1 aromatic carbocycles. The molecule has 1 rings (SSSR count). The molecule has 94 valence electrons. The van der Waals surface area contributed by atoms with Gasteiger partial charge in [0.25, 0.3) is 0 Å². The van der Waals surface area contributed by atoms with Crippen molar-refractivity contribution in [1.82, 2.24) is 5.32 Å². The van der Waals surface area contributed by atoms with E-state index in [2.05, 4.69) is 12.2 Å². The summed E-state index contributed by atoms with van der Waals surface area (Å²) in [5.41, 5.74) is 1.21. The third-order valence-corrected chi connectivity index (χ3v) is 2.95. The van der Waals surface area contributed by atoms with Crippen molar-refractivity contribution in [2.45, 2.75) is 26.2 Å². The molecule has 0 saturated heterocycles. The highest BCUT2D eigenvalue weighted by molar-refractivity contribution is 6.17. The van der Waals surface area contributed by atoms with E-state index in [0.717, 1.165) is 19.4 Å². The number of nitrogens with one attached hydrogen (secondary N) is 1. The molecule has 1 amide bonds. The number of halogens is 1. The zero-order valence-electron chi connectivity index (χ0n) is 10.3. The number of amides is 1. The first-order valence-corrected chi connectivity index (χ1v) is 6.62. The fourth-order valence-electron chi connectivity index (χ4n) is 1.57. The monoisotopic (exact) mass is 253 g/mol. The van der Waals surface area contributed by atoms with Crippen molar-refractivity contribution in [3.05, 3.63) is 35.9 Å². The first-order valence-electron chi connectivity index (χ1n) is 6.09. The predicted molar refractivity (Wildman–Crippen MR) is 72.3 cm³/mol. The first kappa shape index (κ1) is 14.0. The van der Waals surface area contributed by atoms with E-state index in [9.17, 15) is 4.79 Å². The number of carbonyl (C=O) groups excluding carboxylic acids is 1. The van der Waals surface area contributed by atoms with E-state index in [1.54, 1.807) is 0 Å². The Morgan fingerprint density at radius 3 is 2.71 bits per heavy atom. The minimum atomic E-state index is 0.121. The summed E-state index contributed by atoms with van der Waals surface area (Å²) in [4.78, 5) is 11.6. The number of hydrogen-bond acceptors (Lipinski definition) is 1. The van der Waals surface area contributed by atoms with Crippen molar-refractivity contribution in [2.75, 3.05) is 12.4 Å². The number of alkyl halides is 1. The van der Waals surface area contributed by atoms with Gasteiger partial charge < -0.3 is 5.32 Å². The molecule has 0 bridgehead atoms. The fraction of sp³-hybridized carbons (Fsp3) is 0.500. The van der Waals surface area contributed by atoms with Crippen molar-refractivity contribution in [2.24, 2.45) is 5.92 Å². The van der Waals surface area contributed by atoms with Crippen LogP contribution in [0.5, 0.6) is 0 Å². The van der Waals surface area contributed by atoms with E-state index < -0.39 is 0 Å². The summed E-state index contributed by atoms with van der Waals surface area (Å²) in [6.45, 7) is 2.82. The topological polar surface area (TPSA) is 29.1 Å². The van der Waals surface area contributed by atoms with Gasteiger partial charge in [0, 0.05) is 18.8 Å². The SMILES string of the molecule is CC(CCCl)CNC(=O)CCc1ccccc1. The van der Waals surface area contributed by atoms with Gasteiger partial charge in [-0.25, -0.2) is 0 Å². The molecule has 1 aromatic rings. The molecule has 1 atom stereocenters. The molecule has 0 aromatic heterocycles. The van der Waals surface area contributed by atoms with E-state index >= 15 is 0 Å². The van der Waals surface area contributed by atoms with Crippen LogP contribution in [0.25, 0.3) is 0 Å². The Morgan fingerprint density at radius 2 is 2.06 bits per heavy atom. The van der Waals surface area contributed by atoms with Crippen LogP contribution in [0.2, 0.25) is 0 Å². The molecule has 0 aliphatic carbocycles. The average Bonchev–Trinajstić information content (AvgIpc) is 2.35. The zero-order valence-corrected chi connectivity index (χ0v) is 11.0. The normalized spacial score (nSPS) is 12.1. The van der Waals surface area contributed by atoms with Gasteiger partial charge in [-0.2, -0.15) is 0 Å². The molecule has 3 heteroatoms. The maximum absolute atomic E-state index is 11.6. The first-order chi connectivity index (χ1) is 8.22. The fourth-order valence-corrected chi connectivity index (χ4v) is 1.94. The third-order valence-electron chi connectivity index (χ3n) is 2.73. The van der Waals surface area contributed by atoms with E-state index in [1.165, 1.54) is 5.56 Å². The van der Waals surface area contributed by atoms with Crippen molar-refractivity contribution in [1.29, 1.82) is 0 Å². The van der Waals surface area contributed by atoms with Gasteiger partial charge in [0.05, 0.1) is 0 Å². The Kier molecular flexibility index (Phi) is 6.71. The maximum atomic E-state index is 11.6. The zero-order chi connectivity index (χ0) is 12.5. The molecule has 1 N–H and O–H groups in total. The van der Waals surface area contributed by atoms with Crippen molar-refractivity contribution >= 4 is 17.5 Å². The smallest absolute Gasteiger partial charge is 0.220 e. The Labute approximate surface area is 108 Å². The second kappa shape index (κ2) is 8.13. The Balaban J connectivity index is 2.17. The van der Waals surface area contributed by atoms with Crippen LogP contribution >= 0.6 is 11.6 Å². The molecule has 0 saturated carbocycles. The number of aryl methyl sites for hydroxylation is 1. The molecule has 2 nitrogen and oxygen atoms in total. The van der Waals surface area contributed by atoms with Gasteiger partial charge in [-0.15, -0.1) is 11.6 Å². The number of rotatable bonds is 7. The summed E-state index contributed by atoms with van der Waals surface area (Å²) in [7, 11) is 0. The van der Waals surface area contributed by atoms with Crippen molar-refractivity contribution in [3.63, 3.8) is 0 Å². The standard InChI is InChI=1S/C14H20ClNO/c1-12(9-10-15)11-16-14(17)8-7-13-5-3-2-4-6-13/h2-6,12H,7-11H2,1H3,(H,16,17). The lowest BCUT2D eigenvalue weighted by Gasteiger charge is -2.10. The van der Waals surface area contributed by atoms with Gasteiger partial charge >= 0.3 is 0 Å². The molecule has 0 aliphatic rings. The highest BCUT2D eigenvalue weighted by Crippen LogP contribution is 2.03. The van der Waals surface area contributed by atoms with Crippen LogP contribution < -0.4 is 5.32 Å². The van der Waals surface area contributed by atoms with Crippen LogP contribution in [0, 0.1) is 5.92 Å². The lowest BCUT2D eigenvalue weighted by atomic mass is 10.1. The third kappa shape index (κ3) is 6.32. The number of benzene rings is 1. The van der Waals surface area contributed by atoms with E-state index in [4.69, 9.17) is 11.6 Å². The Hall–Kier alpha value is -1.02. The van der Waals surface area contributed by atoms with Gasteiger partial charge in [0.1, 0.15) is 0 Å². The van der Waals surface area contributed by atoms with E-state index in [-0.39, 0.29) is 5.91 Å². The quantitative estimate of drug-likeness (QED) is 0.744. The van der Waals surface area contributed by atoms with Gasteiger partial charge in [0.15, 0.2) is 0 Å². The average molecular weight is 254 g/mol. The summed E-state index contributed by atoms with van der Waals surface area (Å²) in [6.07, 6.45) is 2.30. The largest absolute Gasteiger partial charge is 0.356 e. The Bertz CT molecular complexity index is 326. The number of carbonyl (C=O) groups is 1. The molecule has 0 aliphatic heterocycles. The molecular weight excluding hydrogens is 234 g/mol. The van der Waals surface area contributed by atoms with Crippen molar-refractivity contribution in [3.8, 4) is 0 Å². The molecule has 1 unspecified atom stereocenters. The van der Waals surface area contributed by atoms with Crippen LogP contribution in [0.15, 0.2) is 30.3 Å². The van der Waals surface area contributed by atoms with Crippen LogP contribution in [0.1, 0.15) is 25.3 Å². The lowest BCUT2D eigenvalue weighted by Crippen LogP contribution is -2.28. The van der Waals surface area contributed by atoms with E-state index in [0.29, 0.717) is 18.2 Å². The summed E-state index contributed by atoms with van der Waals surface area (Å²) in [5, 5.41) is 2.94. The van der Waals surface area contributed by atoms with Gasteiger partial charge in [-0.1, -0.05) is 37.3 Å². The summed E-state index contributed by atoms with van der Waals surface area (Å²) in [5.74, 6) is 1.23. The predicted octanol–water partition coefficient (Wildman–Crippen LogP) is 3.00. The van der Waals surface area contributed by atoms with Crippen LogP contribution in [0.4, 0.5) is 0 Å². The minimum Gasteiger partial charge on any atom is -0.356 e. The molecule has 0 heterocycles. The summed E-state index contributed by atoms with van der Waals surface area (Å²) in [6, 6.07) is 10.1. The van der Waals surface area contributed by atoms with Crippen LogP contribution in [-0.4, -0.2) is 18.3 Å². The summed E-state index contributed by atoms with van der Waals surface area (Å²) >= 11 is 5.64. The molecule has 17 heavy (non-hydrogen) atoms. The highest BCUT2D eigenvalue weighted by Gasteiger charge is 2.05. The second-order valence-electron chi connectivity index (χ2n) is 4.37. The maximum Gasteiger partial charge on any atom is 0.220 e. The molecule has 0 fully saturated rings. The number of hydrogen-bond donors (Lipinski definition) is 1. The van der Waals surface area contributed by atoms with E-state index in [1.807, 2.05) is 30.3 Å². The molecule has 0 spiro atoms. The molecule has 0 radical (unpaired) electrons. The van der Waals surface area contributed by atoms with Crippen molar-refractivity contribution < 1.29 is 4.79 Å². The summed E-state index contributed by atoms with van der Waals surface area (Å²) < 4.78 is 0.